The lowest BCUT2D eigenvalue weighted by atomic mass is 10.1. The highest BCUT2D eigenvalue weighted by molar-refractivity contribution is 5.98. The smallest absolute Gasteiger partial charge is 0.272 e. The number of pyridine rings is 1. The molecule has 4 rings (SSSR count). The van der Waals surface area contributed by atoms with E-state index in [-0.39, 0.29) is 11.7 Å². The topological polar surface area (TPSA) is 54.9 Å². The van der Waals surface area contributed by atoms with E-state index >= 15 is 0 Å². The van der Waals surface area contributed by atoms with Crippen molar-refractivity contribution in [3.8, 4) is 11.5 Å². The number of fused-ring (bicyclic) bond motifs is 1. The molecule has 1 saturated heterocycles. The number of rotatable bonds is 5. The number of hydrogen-bond donors (Lipinski definition) is 0. The van der Waals surface area contributed by atoms with Gasteiger partial charge in [-0.2, -0.15) is 0 Å². The van der Waals surface area contributed by atoms with E-state index in [0.717, 1.165) is 11.4 Å². The molecule has 0 N–H and O–H groups in total. The molecule has 7 heteroatoms. The predicted molar refractivity (Wildman–Crippen MR) is 119 cm³/mol. The van der Waals surface area contributed by atoms with Crippen LogP contribution < -0.4 is 14.4 Å². The normalized spacial score (nSPS) is 14.1. The highest BCUT2D eigenvalue weighted by Crippen LogP contribution is 2.31. The molecule has 31 heavy (non-hydrogen) atoms. The Morgan fingerprint density at radius 1 is 1.10 bits per heavy atom. The zero-order chi connectivity index (χ0) is 22.0. The fourth-order valence-corrected chi connectivity index (χ4v) is 4.01. The first kappa shape index (κ1) is 20.9. The average molecular weight is 423 g/mol. The van der Waals surface area contributed by atoms with Crippen molar-refractivity contribution in [2.45, 2.75) is 13.8 Å². The number of benzene rings is 2. The highest BCUT2D eigenvalue weighted by atomic mass is 19.1. The van der Waals surface area contributed by atoms with E-state index in [1.54, 1.807) is 25.0 Å². The summed E-state index contributed by atoms with van der Waals surface area (Å²) in [5, 5.41) is 0.580. The molecule has 0 bridgehead atoms. The minimum absolute atomic E-state index is 0.147. The van der Waals surface area contributed by atoms with Gasteiger partial charge in [0.25, 0.3) is 5.91 Å². The van der Waals surface area contributed by atoms with Crippen LogP contribution in [0.25, 0.3) is 10.9 Å². The number of methoxy groups -OCH3 is 1. The molecule has 162 valence electrons. The van der Waals surface area contributed by atoms with Gasteiger partial charge in [0.15, 0.2) is 0 Å². The zero-order valence-corrected chi connectivity index (χ0v) is 18.0. The van der Waals surface area contributed by atoms with Gasteiger partial charge in [-0.3, -0.25) is 4.79 Å². The Labute approximate surface area is 181 Å². The number of para-hydroxylation sites is 2. The first-order valence-corrected chi connectivity index (χ1v) is 10.4. The van der Waals surface area contributed by atoms with Gasteiger partial charge in [0.2, 0.25) is 0 Å². The van der Waals surface area contributed by atoms with Gasteiger partial charge in [0, 0.05) is 37.6 Å². The molecule has 1 aliphatic rings. The van der Waals surface area contributed by atoms with Crippen molar-refractivity contribution < 1.29 is 18.7 Å². The van der Waals surface area contributed by atoms with Crippen LogP contribution in [0.5, 0.6) is 11.5 Å². The van der Waals surface area contributed by atoms with E-state index < -0.39 is 0 Å². The fourth-order valence-electron chi connectivity index (χ4n) is 4.01. The molecule has 0 atom stereocenters. The van der Waals surface area contributed by atoms with Crippen LogP contribution in [-0.4, -0.2) is 55.7 Å². The van der Waals surface area contributed by atoms with Gasteiger partial charge in [-0.05, 0) is 43.7 Å². The maximum absolute atomic E-state index is 13.9. The van der Waals surface area contributed by atoms with Crippen molar-refractivity contribution in [2.24, 2.45) is 0 Å². The number of hydrogen-bond acceptors (Lipinski definition) is 5. The average Bonchev–Trinajstić information content (AvgIpc) is 2.79. The Bertz CT molecular complexity index is 1110. The van der Waals surface area contributed by atoms with E-state index in [1.807, 2.05) is 31.2 Å². The summed E-state index contributed by atoms with van der Waals surface area (Å²) in [4.78, 5) is 21.8. The Morgan fingerprint density at radius 2 is 1.84 bits per heavy atom. The number of carbonyl (C=O) groups is 1. The third-order valence-electron chi connectivity index (χ3n) is 5.54. The summed E-state index contributed by atoms with van der Waals surface area (Å²) in [5.41, 5.74) is 2.60. The summed E-state index contributed by atoms with van der Waals surface area (Å²) in [7, 11) is 1.66. The summed E-state index contributed by atoms with van der Waals surface area (Å²) >= 11 is 0. The number of carbonyl (C=O) groups excluding carboxylic acids is 1. The molecule has 2 heterocycles. The molecule has 0 unspecified atom stereocenters. The maximum Gasteiger partial charge on any atom is 0.272 e. The summed E-state index contributed by atoms with van der Waals surface area (Å²) in [6, 6.07) is 12.3. The monoisotopic (exact) mass is 423 g/mol. The van der Waals surface area contributed by atoms with Crippen LogP contribution >= 0.6 is 0 Å². The number of piperazine rings is 1. The summed E-state index contributed by atoms with van der Waals surface area (Å²) in [5.74, 6) is 0.805. The minimum atomic E-state index is -0.348. The SMILES string of the molecule is CCOc1cc(C(=O)N2CCN(c3ccccc3OC)CC2)nc2c(C)cc(F)cc12. The van der Waals surface area contributed by atoms with Crippen LogP contribution in [0.1, 0.15) is 23.0 Å². The Morgan fingerprint density at radius 3 is 2.55 bits per heavy atom. The standard InChI is InChI=1S/C24H26FN3O3/c1-4-31-22-15-19(26-23-16(2)13-17(25)14-18(22)23)24(29)28-11-9-27(10-12-28)20-7-5-6-8-21(20)30-3/h5-8,13-15H,4,9-12H2,1-3H3. The number of anilines is 1. The lowest BCUT2D eigenvalue weighted by molar-refractivity contribution is 0.0740. The predicted octanol–water partition coefficient (Wildman–Crippen LogP) is 4.05. The Kier molecular flexibility index (Phi) is 5.93. The van der Waals surface area contributed by atoms with E-state index in [1.165, 1.54) is 12.1 Å². The number of amides is 1. The molecular weight excluding hydrogens is 397 g/mol. The zero-order valence-electron chi connectivity index (χ0n) is 18.0. The quantitative estimate of drug-likeness (QED) is 0.620. The summed E-state index contributed by atoms with van der Waals surface area (Å²) < 4.78 is 25.1. The van der Waals surface area contributed by atoms with Gasteiger partial charge in [-0.1, -0.05) is 12.1 Å². The van der Waals surface area contributed by atoms with Crippen molar-refractivity contribution in [1.82, 2.24) is 9.88 Å². The largest absolute Gasteiger partial charge is 0.495 e. The van der Waals surface area contributed by atoms with Crippen molar-refractivity contribution in [3.05, 3.63) is 59.5 Å². The Balaban J connectivity index is 1.57. The molecule has 1 fully saturated rings. The molecule has 1 aliphatic heterocycles. The molecule has 2 aromatic carbocycles. The van der Waals surface area contributed by atoms with Crippen LogP contribution in [0.4, 0.5) is 10.1 Å². The van der Waals surface area contributed by atoms with Crippen LogP contribution in [0.15, 0.2) is 42.5 Å². The van der Waals surface area contributed by atoms with Crippen molar-refractivity contribution in [3.63, 3.8) is 0 Å². The number of halogens is 1. The molecular formula is C24H26FN3O3. The van der Waals surface area contributed by atoms with E-state index in [0.29, 0.717) is 60.7 Å². The lowest BCUT2D eigenvalue weighted by Gasteiger charge is -2.36. The van der Waals surface area contributed by atoms with Gasteiger partial charge < -0.3 is 19.3 Å². The van der Waals surface area contributed by atoms with Crippen LogP contribution in [0.2, 0.25) is 0 Å². The second-order valence-electron chi connectivity index (χ2n) is 7.51. The molecule has 0 saturated carbocycles. The van der Waals surface area contributed by atoms with Crippen LogP contribution in [-0.2, 0) is 0 Å². The Hall–Kier alpha value is -3.35. The van der Waals surface area contributed by atoms with Crippen LogP contribution in [0.3, 0.4) is 0 Å². The van der Waals surface area contributed by atoms with Crippen molar-refractivity contribution >= 4 is 22.5 Å². The number of aryl methyl sites for hydroxylation is 1. The molecule has 0 aliphatic carbocycles. The molecule has 0 spiro atoms. The number of aromatic nitrogens is 1. The third-order valence-corrected chi connectivity index (χ3v) is 5.54. The minimum Gasteiger partial charge on any atom is -0.495 e. The van der Waals surface area contributed by atoms with Gasteiger partial charge >= 0.3 is 0 Å². The fraction of sp³-hybridized carbons (Fsp3) is 0.333. The lowest BCUT2D eigenvalue weighted by Crippen LogP contribution is -2.49. The first-order valence-electron chi connectivity index (χ1n) is 10.4. The third kappa shape index (κ3) is 4.13. The van der Waals surface area contributed by atoms with Gasteiger partial charge in [-0.15, -0.1) is 0 Å². The second-order valence-corrected chi connectivity index (χ2v) is 7.51. The number of ether oxygens (including phenoxy) is 2. The molecule has 1 aromatic heterocycles. The van der Waals surface area contributed by atoms with Crippen molar-refractivity contribution in [1.29, 1.82) is 0 Å². The van der Waals surface area contributed by atoms with Crippen molar-refractivity contribution in [2.75, 3.05) is 44.8 Å². The molecule has 3 aromatic rings. The molecule has 0 radical (unpaired) electrons. The first-order chi connectivity index (χ1) is 15.0. The molecule has 6 nitrogen and oxygen atoms in total. The van der Waals surface area contributed by atoms with E-state index in [2.05, 4.69) is 9.88 Å². The summed E-state index contributed by atoms with van der Waals surface area (Å²) in [6.07, 6.45) is 0. The highest BCUT2D eigenvalue weighted by Gasteiger charge is 2.25. The van der Waals surface area contributed by atoms with E-state index in [9.17, 15) is 9.18 Å². The van der Waals surface area contributed by atoms with Gasteiger partial charge in [0.05, 0.1) is 24.9 Å². The van der Waals surface area contributed by atoms with Gasteiger partial charge in [-0.25, -0.2) is 9.37 Å². The van der Waals surface area contributed by atoms with Gasteiger partial charge in [0.1, 0.15) is 23.0 Å². The maximum atomic E-state index is 13.9. The number of nitrogens with zero attached hydrogens (tertiary/aromatic N) is 3. The van der Waals surface area contributed by atoms with E-state index in [4.69, 9.17) is 9.47 Å². The second kappa shape index (κ2) is 8.79. The summed E-state index contributed by atoms with van der Waals surface area (Å²) in [6.45, 7) is 6.60. The molecule has 1 amide bonds. The van der Waals surface area contributed by atoms with Crippen LogP contribution in [0, 0.1) is 12.7 Å².